The average Bonchev–Trinajstić information content (AvgIpc) is 2.10. The fraction of sp³-hybridized carbons (Fsp3) is 0.750. The summed E-state index contributed by atoms with van der Waals surface area (Å²) in [6, 6.07) is 0. The first-order valence-electron chi connectivity index (χ1n) is 5.25. The van der Waals surface area contributed by atoms with E-state index >= 15 is 0 Å². The highest BCUT2D eigenvalue weighted by Crippen LogP contribution is 2.10. The second-order valence-corrected chi connectivity index (χ2v) is 3.58. The van der Waals surface area contributed by atoms with Gasteiger partial charge in [0.05, 0.1) is 0 Å². The van der Waals surface area contributed by atoms with Gasteiger partial charge in [-0.3, -0.25) is 0 Å². The summed E-state index contributed by atoms with van der Waals surface area (Å²) in [4.78, 5) is 0. The van der Waals surface area contributed by atoms with Crippen molar-refractivity contribution in [1.29, 1.82) is 0 Å². The average molecular weight is 167 g/mol. The Morgan fingerprint density at radius 2 is 1.92 bits per heavy atom. The van der Waals surface area contributed by atoms with Crippen molar-refractivity contribution in [3.8, 4) is 0 Å². The molecule has 0 heterocycles. The second kappa shape index (κ2) is 8.83. The van der Waals surface area contributed by atoms with E-state index in [1.807, 2.05) is 0 Å². The zero-order valence-corrected chi connectivity index (χ0v) is 8.68. The minimum Gasteiger partial charge on any atom is -0.0885 e. The van der Waals surface area contributed by atoms with Gasteiger partial charge in [-0.1, -0.05) is 52.2 Å². The number of hydrogen-bond acceptors (Lipinski definition) is 0. The van der Waals surface area contributed by atoms with Crippen LogP contribution < -0.4 is 0 Å². The van der Waals surface area contributed by atoms with Gasteiger partial charge in [-0.25, -0.2) is 0 Å². The molecule has 0 nitrogen and oxygen atoms in total. The molecule has 0 aromatic rings. The predicted octanol–water partition coefficient (Wildman–Crippen LogP) is 4.37. The van der Waals surface area contributed by atoms with Crippen molar-refractivity contribution in [3.05, 3.63) is 19.1 Å². The molecule has 0 rings (SSSR count). The van der Waals surface area contributed by atoms with E-state index in [1.54, 1.807) is 0 Å². The summed E-state index contributed by atoms with van der Waals surface area (Å²) in [6.45, 7) is 8.39. The van der Waals surface area contributed by atoms with E-state index in [-0.39, 0.29) is 0 Å². The second-order valence-electron chi connectivity index (χ2n) is 3.58. The Hall–Kier alpha value is -0.260. The van der Waals surface area contributed by atoms with Crippen molar-refractivity contribution in [2.45, 2.75) is 52.4 Å². The molecule has 0 spiro atoms. The van der Waals surface area contributed by atoms with Crippen LogP contribution in [-0.2, 0) is 0 Å². The maximum absolute atomic E-state index is 3.90. The standard InChI is InChI=1S/C12H23/c1-4-6-7-8-9-10-11-12(3)5-2/h7-8,12H,2,4-6,9-11H2,1,3H3. The zero-order valence-electron chi connectivity index (χ0n) is 8.68. The van der Waals surface area contributed by atoms with Crippen LogP contribution in [0.15, 0.2) is 12.2 Å². The molecule has 0 N–H and O–H groups in total. The summed E-state index contributed by atoms with van der Waals surface area (Å²) in [7, 11) is 0. The molecule has 0 bridgehead atoms. The van der Waals surface area contributed by atoms with E-state index in [1.165, 1.54) is 32.1 Å². The molecule has 0 saturated carbocycles. The molecular weight excluding hydrogens is 144 g/mol. The molecule has 1 atom stereocenters. The number of hydrogen-bond donors (Lipinski definition) is 0. The number of rotatable bonds is 7. The van der Waals surface area contributed by atoms with Crippen LogP contribution >= 0.6 is 0 Å². The van der Waals surface area contributed by atoms with Gasteiger partial charge in [-0.2, -0.15) is 0 Å². The maximum atomic E-state index is 3.90. The number of unbranched alkanes of at least 4 members (excludes halogenated alkanes) is 2. The first-order valence-corrected chi connectivity index (χ1v) is 5.25. The van der Waals surface area contributed by atoms with E-state index in [0.29, 0.717) is 0 Å². The summed E-state index contributed by atoms with van der Waals surface area (Å²) in [5.41, 5.74) is 0. The lowest BCUT2D eigenvalue weighted by Gasteiger charge is -2.05. The van der Waals surface area contributed by atoms with Crippen molar-refractivity contribution in [2.24, 2.45) is 5.92 Å². The van der Waals surface area contributed by atoms with Crippen LogP contribution in [0.25, 0.3) is 0 Å². The largest absolute Gasteiger partial charge is 0.0885 e. The van der Waals surface area contributed by atoms with E-state index < -0.39 is 0 Å². The Bertz CT molecular complexity index is 103. The summed E-state index contributed by atoms with van der Waals surface area (Å²) >= 11 is 0. The van der Waals surface area contributed by atoms with Gasteiger partial charge in [0.2, 0.25) is 0 Å². The molecule has 1 radical (unpaired) electrons. The van der Waals surface area contributed by atoms with Crippen LogP contribution in [-0.4, -0.2) is 0 Å². The van der Waals surface area contributed by atoms with Crippen LogP contribution in [0.3, 0.4) is 0 Å². The molecule has 0 aliphatic carbocycles. The van der Waals surface area contributed by atoms with Crippen molar-refractivity contribution in [2.75, 3.05) is 0 Å². The third-order valence-corrected chi connectivity index (χ3v) is 2.18. The van der Waals surface area contributed by atoms with Crippen LogP contribution in [0, 0.1) is 12.8 Å². The van der Waals surface area contributed by atoms with E-state index in [4.69, 9.17) is 0 Å². The van der Waals surface area contributed by atoms with Crippen LogP contribution in [0.1, 0.15) is 52.4 Å². The molecule has 0 aliphatic rings. The topological polar surface area (TPSA) is 0 Å². The molecule has 71 valence electrons. The summed E-state index contributed by atoms with van der Waals surface area (Å²) in [5.74, 6) is 0.810. The highest BCUT2D eigenvalue weighted by atomic mass is 14.0. The molecule has 0 aliphatic heterocycles. The molecule has 0 aromatic heterocycles. The minimum absolute atomic E-state index is 0.810. The lowest BCUT2D eigenvalue weighted by atomic mass is 10.0. The van der Waals surface area contributed by atoms with Gasteiger partial charge >= 0.3 is 0 Å². The van der Waals surface area contributed by atoms with E-state index in [9.17, 15) is 0 Å². The van der Waals surface area contributed by atoms with Crippen molar-refractivity contribution < 1.29 is 0 Å². The van der Waals surface area contributed by atoms with Crippen LogP contribution in [0.2, 0.25) is 0 Å². The van der Waals surface area contributed by atoms with Crippen molar-refractivity contribution in [1.82, 2.24) is 0 Å². The summed E-state index contributed by atoms with van der Waals surface area (Å²) < 4.78 is 0. The smallest absolute Gasteiger partial charge is 0.0351 e. The van der Waals surface area contributed by atoms with Crippen LogP contribution in [0.4, 0.5) is 0 Å². The van der Waals surface area contributed by atoms with E-state index in [0.717, 1.165) is 12.3 Å². The summed E-state index contributed by atoms with van der Waals surface area (Å²) in [5, 5.41) is 0. The first kappa shape index (κ1) is 11.7. The molecule has 12 heavy (non-hydrogen) atoms. The molecule has 0 saturated heterocycles. The molecule has 0 aromatic carbocycles. The quantitative estimate of drug-likeness (QED) is 0.390. The van der Waals surface area contributed by atoms with Gasteiger partial charge < -0.3 is 0 Å². The van der Waals surface area contributed by atoms with Gasteiger partial charge in [0.25, 0.3) is 0 Å². The highest BCUT2D eigenvalue weighted by molar-refractivity contribution is 4.80. The first-order chi connectivity index (χ1) is 5.81. The van der Waals surface area contributed by atoms with Gasteiger partial charge in [0, 0.05) is 0 Å². The van der Waals surface area contributed by atoms with Crippen molar-refractivity contribution in [3.63, 3.8) is 0 Å². The van der Waals surface area contributed by atoms with Gasteiger partial charge in [0.15, 0.2) is 0 Å². The molecule has 0 amide bonds. The highest BCUT2D eigenvalue weighted by Gasteiger charge is 1.95. The minimum atomic E-state index is 0.810. The normalized spacial score (nSPS) is 13.9. The monoisotopic (exact) mass is 167 g/mol. The third kappa shape index (κ3) is 7.84. The Balaban J connectivity index is 3.09. The predicted molar refractivity (Wildman–Crippen MR) is 57.0 cm³/mol. The SMILES string of the molecule is [CH2]CC(C)CCCC=CCCC. The van der Waals surface area contributed by atoms with E-state index in [2.05, 4.69) is 32.9 Å². The maximum Gasteiger partial charge on any atom is -0.0351 e. The van der Waals surface area contributed by atoms with Gasteiger partial charge in [0.1, 0.15) is 0 Å². The fourth-order valence-electron chi connectivity index (χ4n) is 1.13. The fourth-order valence-corrected chi connectivity index (χ4v) is 1.13. The third-order valence-electron chi connectivity index (χ3n) is 2.18. The van der Waals surface area contributed by atoms with Gasteiger partial charge in [-0.15, -0.1) is 0 Å². The summed E-state index contributed by atoms with van der Waals surface area (Å²) in [6.07, 6.45) is 12.1. The molecule has 0 heteroatoms. The lowest BCUT2D eigenvalue weighted by molar-refractivity contribution is 0.518. The van der Waals surface area contributed by atoms with Crippen LogP contribution in [0.5, 0.6) is 0 Å². The lowest BCUT2D eigenvalue weighted by Crippen LogP contribution is -1.90. The Labute approximate surface area is 78.1 Å². The number of allylic oxidation sites excluding steroid dienone is 2. The Kier molecular flexibility index (Phi) is 8.64. The molecule has 1 unspecified atom stereocenters. The van der Waals surface area contributed by atoms with Gasteiger partial charge in [-0.05, 0) is 25.2 Å². The molecule has 0 fully saturated rings. The van der Waals surface area contributed by atoms with Crippen molar-refractivity contribution >= 4 is 0 Å². The zero-order chi connectivity index (χ0) is 9.23. The Morgan fingerprint density at radius 1 is 1.25 bits per heavy atom. The molecular formula is C12H23. The Morgan fingerprint density at radius 3 is 2.50 bits per heavy atom.